The summed E-state index contributed by atoms with van der Waals surface area (Å²) in [6.45, 7) is 5.80. The number of carbonyl (C=O) groups excluding carboxylic acids is 1. The summed E-state index contributed by atoms with van der Waals surface area (Å²) in [6, 6.07) is 13.2. The smallest absolute Gasteiger partial charge is 0.163 e. The highest BCUT2D eigenvalue weighted by Crippen LogP contribution is 2.22. The van der Waals surface area contributed by atoms with Crippen LogP contribution < -0.4 is 4.74 Å². The summed E-state index contributed by atoms with van der Waals surface area (Å²) < 4.78 is 5.79. The van der Waals surface area contributed by atoms with Crippen molar-refractivity contribution in [2.24, 2.45) is 0 Å². The van der Waals surface area contributed by atoms with Gasteiger partial charge in [-0.25, -0.2) is 0 Å². The van der Waals surface area contributed by atoms with Gasteiger partial charge < -0.3 is 4.74 Å². The number of ketones is 1. The van der Waals surface area contributed by atoms with Crippen LogP contribution >= 0.6 is 0 Å². The Labute approximate surface area is 124 Å². The summed E-state index contributed by atoms with van der Waals surface area (Å²) in [6.07, 6.45) is 0. The first kappa shape index (κ1) is 14.8. The molecule has 0 N–H and O–H groups in total. The van der Waals surface area contributed by atoms with Crippen molar-refractivity contribution in [2.45, 2.75) is 27.4 Å². The van der Waals surface area contributed by atoms with E-state index >= 15 is 0 Å². The molecular formula is C18H17NO2. The number of hydrogen-bond donors (Lipinski definition) is 0. The molecule has 2 rings (SSSR count). The molecule has 0 saturated carbocycles. The molecule has 0 aliphatic heterocycles. The Balaban J connectivity index is 2.21. The van der Waals surface area contributed by atoms with Crippen molar-refractivity contribution in [3.05, 3.63) is 64.2 Å². The number of carbonyl (C=O) groups is 1. The van der Waals surface area contributed by atoms with Crippen molar-refractivity contribution in [1.29, 1.82) is 5.26 Å². The second-order valence-electron chi connectivity index (χ2n) is 5.10. The van der Waals surface area contributed by atoms with Crippen LogP contribution in [0.4, 0.5) is 0 Å². The number of hydrogen-bond acceptors (Lipinski definition) is 3. The highest BCUT2D eigenvalue weighted by atomic mass is 16.5. The molecule has 0 fully saturated rings. The molecule has 0 spiro atoms. The summed E-state index contributed by atoms with van der Waals surface area (Å²) >= 11 is 0. The Morgan fingerprint density at radius 1 is 1.19 bits per heavy atom. The summed E-state index contributed by atoms with van der Waals surface area (Å²) in [5.41, 5.74) is 4.27. The van der Waals surface area contributed by atoms with Crippen LogP contribution in [0, 0.1) is 25.2 Å². The van der Waals surface area contributed by atoms with Crippen molar-refractivity contribution in [1.82, 2.24) is 0 Å². The molecule has 0 unspecified atom stereocenters. The normalized spacial score (nSPS) is 10.0. The summed E-state index contributed by atoms with van der Waals surface area (Å²) in [5.74, 6) is 0.585. The molecule has 0 amide bonds. The van der Waals surface area contributed by atoms with Crippen LogP contribution in [0.5, 0.6) is 5.75 Å². The van der Waals surface area contributed by atoms with E-state index in [0.717, 1.165) is 16.7 Å². The van der Waals surface area contributed by atoms with E-state index in [4.69, 9.17) is 10.00 Å². The van der Waals surface area contributed by atoms with Crippen LogP contribution in [0.2, 0.25) is 0 Å². The molecule has 0 atom stereocenters. The van der Waals surface area contributed by atoms with E-state index in [0.29, 0.717) is 23.5 Å². The minimum absolute atomic E-state index is 0.00903. The fourth-order valence-corrected chi connectivity index (χ4v) is 2.13. The second-order valence-corrected chi connectivity index (χ2v) is 5.10. The first-order valence-electron chi connectivity index (χ1n) is 6.75. The van der Waals surface area contributed by atoms with Crippen LogP contribution in [0.25, 0.3) is 0 Å². The zero-order valence-corrected chi connectivity index (χ0v) is 12.4. The molecule has 0 aliphatic carbocycles. The van der Waals surface area contributed by atoms with E-state index in [1.54, 1.807) is 6.07 Å². The van der Waals surface area contributed by atoms with Gasteiger partial charge in [-0.15, -0.1) is 0 Å². The van der Waals surface area contributed by atoms with Crippen LogP contribution in [-0.4, -0.2) is 5.78 Å². The van der Waals surface area contributed by atoms with Crippen LogP contribution in [0.15, 0.2) is 36.4 Å². The molecule has 0 saturated heterocycles. The standard InChI is InChI=1S/C18H17NO2/c1-12-4-7-18(17(8-12)14(3)20)21-11-16-6-5-15(10-19)9-13(16)2/h4-9H,11H2,1-3H3. The van der Waals surface area contributed by atoms with Crippen LogP contribution in [0.3, 0.4) is 0 Å². The van der Waals surface area contributed by atoms with Crippen molar-refractivity contribution >= 4 is 5.78 Å². The maximum atomic E-state index is 11.7. The van der Waals surface area contributed by atoms with Crippen molar-refractivity contribution in [3.8, 4) is 11.8 Å². The Hall–Kier alpha value is -2.60. The van der Waals surface area contributed by atoms with Gasteiger partial charge in [-0.05, 0) is 56.2 Å². The van der Waals surface area contributed by atoms with Crippen molar-refractivity contribution in [3.63, 3.8) is 0 Å². The minimum atomic E-state index is -0.00903. The maximum absolute atomic E-state index is 11.7. The fourth-order valence-electron chi connectivity index (χ4n) is 2.13. The Bertz CT molecular complexity index is 726. The molecule has 106 valence electrons. The average molecular weight is 279 g/mol. The number of nitrogens with zero attached hydrogens (tertiary/aromatic N) is 1. The molecule has 21 heavy (non-hydrogen) atoms. The van der Waals surface area contributed by atoms with Gasteiger partial charge >= 0.3 is 0 Å². The topological polar surface area (TPSA) is 50.1 Å². The van der Waals surface area contributed by atoms with Crippen LogP contribution in [-0.2, 0) is 6.61 Å². The Kier molecular flexibility index (Phi) is 4.39. The summed E-state index contributed by atoms with van der Waals surface area (Å²) in [7, 11) is 0. The third-order valence-electron chi connectivity index (χ3n) is 3.37. The molecule has 0 aromatic heterocycles. The number of rotatable bonds is 4. The highest BCUT2D eigenvalue weighted by Gasteiger charge is 2.09. The maximum Gasteiger partial charge on any atom is 0.163 e. The predicted molar refractivity (Wildman–Crippen MR) is 81.4 cm³/mol. The molecule has 2 aromatic rings. The lowest BCUT2D eigenvalue weighted by atomic mass is 10.1. The molecule has 3 heteroatoms. The lowest BCUT2D eigenvalue weighted by Gasteiger charge is -2.12. The SMILES string of the molecule is CC(=O)c1cc(C)ccc1OCc1ccc(C#N)cc1C. The first-order chi connectivity index (χ1) is 10.0. The molecule has 0 aliphatic rings. The fraction of sp³-hybridized carbons (Fsp3) is 0.222. The number of ether oxygens (including phenoxy) is 1. The molecular weight excluding hydrogens is 262 g/mol. The monoisotopic (exact) mass is 279 g/mol. The molecule has 2 aromatic carbocycles. The highest BCUT2D eigenvalue weighted by molar-refractivity contribution is 5.97. The lowest BCUT2D eigenvalue weighted by Crippen LogP contribution is -2.03. The summed E-state index contributed by atoms with van der Waals surface area (Å²) in [4.78, 5) is 11.7. The number of Topliss-reactive ketones (excluding diaryl/α,β-unsaturated/α-hetero) is 1. The van der Waals surface area contributed by atoms with Gasteiger partial charge in [0.25, 0.3) is 0 Å². The molecule has 0 heterocycles. The van der Waals surface area contributed by atoms with Crippen LogP contribution in [0.1, 0.15) is 39.5 Å². The second kappa shape index (κ2) is 6.23. The zero-order chi connectivity index (χ0) is 15.4. The van der Waals surface area contributed by atoms with E-state index < -0.39 is 0 Å². The largest absolute Gasteiger partial charge is 0.488 e. The number of aryl methyl sites for hydroxylation is 2. The van der Waals surface area contributed by atoms with Gasteiger partial charge in [0.15, 0.2) is 5.78 Å². The lowest BCUT2D eigenvalue weighted by molar-refractivity contribution is 0.101. The predicted octanol–water partition coefficient (Wildman–Crippen LogP) is 3.96. The van der Waals surface area contributed by atoms with Gasteiger partial charge in [0.1, 0.15) is 12.4 Å². The number of benzene rings is 2. The van der Waals surface area contributed by atoms with Gasteiger partial charge in [-0.1, -0.05) is 17.7 Å². The van der Waals surface area contributed by atoms with Gasteiger partial charge in [-0.3, -0.25) is 4.79 Å². The Morgan fingerprint density at radius 2 is 1.95 bits per heavy atom. The minimum Gasteiger partial charge on any atom is -0.488 e. The van der Waals surface area contributed by atoms with E-state index in [1.165, 1.54) is 6.92 Å². The van der Waals surface area contributed by atoms with E-state index in [2.05, 4.69) is 6.07 Å². The Morgan fingerprint density at radius 3 is 2.57 bits per heavy atom. The van der Waals surface area contributed by atoms with Crippen molar-refractivity contribution < 1.29 is 9.53 Å². The molecule has 3 nitrogen and oxygen atoms in total. The van der Waals surface area contributed by atoms with Gasteiger partial charge in [0.05, 0.1) is 17.2 Å². The third kappa shape index (κ3) is 3.49. The molecule has 0 bridgehead atoms. The van der Waals surface area contributed by atoms with Gasteiger partial charge in [0, 0.05) is 0 Å². The number of nitriles is 1. The first-order valence-corrected chi connectivity index (χ1v) is 6.75. The zero-order valence-electron chi connectivity index (χ0n) is 12.4. The van der Waals surface area contributed by atoms with Gasteiger partial charge in [0.2, 0.25) is 0 Å². The molecule has 0 radical (unpaired) electrons. The van der Waals surface area contributed by atoms with E-state index in [1.807, 2.05) is 44.2 Å². The van der Waals surface area contributed by atoms with Crippen molar-refractivity contribution in [2.75, 3.05) is 0 Å². The quantitative estimate of drug-likeness (QED) is 0.796. The third-order valence-corrected chi connectivity index (χ3v) is 3.37. The van der Waals surface area contributed by atoms with E-state index in [-0.39, 0.29) is 5.78 Å². The summed E-state index contributed by atoms with van der Waals surface area (Å²) in [5, 5.41) is 8.87. The van der Waals surface area contributed by atoms with Gasteiger partial charge in [-0.2, -0.15) is 5.26 Å². The van der Waals surface area contributed by atoms with E-state index in [9.17, 15) is 4.79 Å². The average Bonchev–Trinajstić information content (AvgIpc) is 2.46.